The summed E-state index contributed by atoms with van der Waals surface area (Å²) < 4.78 is 13.4. The first-order chi connectivity index (χ1) is 15.9. The van der Waals surface area contributed by atoms with Crippen molar-refractivity contribution in [3.63, 3.8) is 0 Å². The van der Waals surface area contributed by atoms with Crippen LogP contribution in [0.25, 0.3) is 10.8 Å². The van der Waals surface area contributed by atoms with Gasteiger partial charge in [-0.05, 0) is 60.2 Å². The van der Waals surface area contributed by atoms with Gasteiger partial charge in [0.1, 0.15) is 11.9 Å². The number of carbonyl (C=O) groups is 2. The Hall–Kier alpha value is -3.21. The van der Waals surface area contributed by atoms with Gasteiger partial charge in [0.2, 0.25) is 11.8 Å². The molecule has 0 aromatic heterocycles. The monoisotopic (exact) mass is 448 g/mol. The summed E-state index contributed by atoms with van der Waals surface area (Å²) in [7, 11) is 0. The molecule has 1 N–H and O–H groups in total. The van der Waals surface area contributed by atoms with Crippen LogP contribution in [-0.4, -0.2) is 28.8 Å². The zero-order chi connectivity index (χ0) is 23.8. The number of benzene rings is 3. The fraction of sp³-hybridized carbons (Fsp3) is 0.357. The highest BCUT2D eigenvalue weighted by Crippen LogP contribution is 2.21. The molecule has 3 rings (SSSR count). The van der Waals surface area contributed by atoms with Crippen molar-refractivity contribution >= 4 is 22.6 Å². The van der Waals surface area contributed by atoms with Gasteiger partial charge in [-0.15, -0.1) is 0 Å². The van der Waals surface area contributed by atoms with Crippen LogP contribution >= 0.6 is 0 Å². The molecule has 0 aliphatic rings. The number of halogens is 1. The quantitative estimate of drug-likeness (QED) is 0.437. The first-order valence-electron chi connectivity index (χ1n) is 11.7. The predicted octanol–water partition coefficient (Wildman–Crippen LogP) is 5.63. The molecule has 0 saturated heterocycles. The Balaban J connectivity index is 1.82. The minimum absolute atomic E-state index is 0.0324. The first-order valence-corrected chi connectivity index (χ1v) is 11.7. The van der Waals surface area contributed by atoms with Crippen molar-refractivity contribution in [3.8, 4) is 0 Å². The number of hydrogen-bond donors (Lipinski definition) is 1. The molecule has 2 unspecified atom stereocenters. The second kappa shape index (κ2) is 11.6. The lowest BCUT2D eigenvalue weighted by molar-refractivity contribution is -0.141. The molecule has 4 nitrogen and oxygen atoms in total. The number of nitrogens with zero attached hydrogens (tertiary/aromatic N) is 1. The molecule has 0 saturated carbocycles. The van der Waals surface area contributed by atoms with Crippen molar-refractivity contribution in [2.75, 3.05) is 0 Å². The third-order valence-electron chi connectivity index (χ3n) is 6.14. The van der Waals surface area contributed by atoms with Crippen LogP contribution in [0.5, 0.6) is 0 Å². The maximum absolute atomic E-state index is 13.5. The Bertz CT molecular complexity index is 1080. The van der Waals surface area contributed by atoms with Gasteiger partial charge in [-0.1, -0.05) is 68.4 Å². The molecule has 0 aliphatic carbocycles. The molecule has 3 aromatic carbocycles. The zero-order valence-corrected chi connectivity index (χ0v) is 19.7. The van der Waals surface area contributed by atoms with Crippen LogP contribution in [-0.2, 0) is 22.6 Å². The number of aryl methyl sites for hydroxylation is 1. The molecule has 0 spiro atoms. The molecule has 0 bridgehead atoms. The predicted molar refractivity (Wildman–Crippen MR) is 131 cm³/mol. The third kappa shape index (κ3) is 6.41. The molecular weight excluding hydrogens is 415 g/mol. The summed E-state index contributed by atoms with van der Waals surface area (Å²) in [5.74, 6) is -0.556. The van der Waals surface area contributed by atoms with Gasteiger partial charge in [0, 0.05) is 19.0 Å². The van der Waals surface area contributed by atoms with E-state index >= 15 is 0 Å². The third-order valence-corrected chi connectivity index (χ3v) is 6.14. The Morgan fingerprint density at radius 3 is 2.33 bits per heavy atom. The van der Waals surface area contributed by atoms with E-state index < -0.39 is 6.04 Å². The van der Waals surface area contributed by atoms with E-state index in [2.05, 4.69) is 23.5 Å². The number of fused-ring (bicyclic) bond motifs is 1. The maximum Gasteiger partial charge on any atom is 0.243 e. The average Bonchev–Trinajstić information content (AvgIpc) is 2.83. The summed E-state index contributed by atoms with van der Waals surface area (Å²) >= 11 is 0. The minimum atomic E-state index is -0.580. The highest BCUT2D eigenvalue weighted by molar-refractivity contribution is 5.89. The summed E-state index contributed by atoms with van der Waals surface area (Å²) in [4.78, 5) is 28.1. The number of nitrogens with one attached hydrogen (secondary N) is 1. The van der Waals surface area contributed by atoms with Crippen LogP contribution in [0.1, 0.15) is 51.2 Å². The van der Waals surface area contributed by atoms with Crippen LogP contribution in [0.3, 0.4) is 0 Å². The smallest absolute Gasteiger partial charge is 0.243 e. The Kier molecular flexibility index (Phi) is 8.58. The van der Waals surface area contributed by atoms with E-state index in [0.29, 0.717) is 19.3 Å². The molecule has 5 heteroatoms. The summed E-state index contributed by atoms with van der Waals surface area (Å²) in [6.45, 7) is 6.15. The van der Waals surface area contributed by atoms with Crippen molar-refractivity contribution < 1.29 is 14.0 Å². The highest BCUT2D eigenvalue weighted by atomic mass is 19.1. The van der Waals surface area contributed by atoms with Crippen LogP contribution in [0.2, 0.25) is 0 Å². The molecule has 0 fully saturated rings. The number of hydrogen-bond acceptors (Lipinski definition) is 2. The van der Waals surface area contributed by atoms with Gasteiger partial charge in [-0.3, -0.25) is 9.59 Å². The van der Waals surface area contributed by atoms with E-state index in [9.17, 15) is 14.0 Å². The number of amides is 2. The first kappa shape index (κ1) is 24.4. The minimum Gasteiger partial charge on any atom is -0.352 e. The van der Waals surface area contributed by atoms with E-state index in [-0.39, 0.29) is 30.2 Å². The van der Waals surface area contributed by atoms with Crippen molar-refractivity contribution in [1.29, 1.82) is 0 Å². The number of carbonyl (C=O) groups excluding carboxylic acids is 2. The Morgan fingerprint density at radius 2 is 1.64 bits per heavy atom. The maximum atomic E-state index is 13.5. The Labute approximate surface area is 195 Å². The summed E-state index contributed by atoms with van der Waals surface area (Å²) in [5.41, 5.74) is 1.91. The number of rotatable bonds is 10. The van der Waals surface area contributed by atoms with Gasteiger partial charge < -0.3 is 10.2 Å². The molecule has 0 heterocycles. The van der Waals surface area contributed by atoms with Gasteiger partial charge in [-0.2, -0.15) is 0 Å². The fourth-order valence-electron chi connectivity index (χ4n) is 4.04. The van der Waals surface area contributed by atoms with Crippen molar-refractivity contribution in [3.05, 3.63) is 83.7 Å². The van der Waals surface area contributed by atoms with Crippen molar-refractivity contribution in [1.82, 2.24) is 10.2 Å². The van der Waals surface area contributed by atoms with E-state index in [1.807, 2.05) is 45.0 Å². The van der Waals surface area contributed by atoms with Crippen LogP contribution in [0.4, 0.5) is 4.39 Å². The fourth-order valence-corrected chi connectivity index (χ4v) is 4.04. The molecule has 2 atom stereocenters. The second-order valence-electron chi connectivity index (χ2n) is 8.53. The zero-order valence-electron chi connectivity index (χ0n) is 19.7. The molecular formula is C28H33FN2O2. The lowest BCUT2D eigenvalue weighted by Gasteiger charge is -2.31. The molecule has 33 heavy (non-hydrogen) atoms. The molecule has 2 amide bonds. The lowest BCUT2D eigenvalue weighted by atomic mass is 10.00. The van der Waals surface area contributed by atoms with Crippen LogP contribution < -0.4 is 5.32 Å². The van der Waals surface area contributed by atoms with E-state index in [4.69, 9.17) is 0 Å². The van der Waals surface area contributed by atoms with Crippen molar-refractivity contribution in [2.24, 2.45) is 0 Å². The van der Waals surface area contributed by atoms with Gasteiger partial charge in [-0.25, -0.2) is 4.39 Å². The van der Waals surface area contributed by atoms with E-state index in [0.717, 1.165) is 28.3 Å². The van der Waals surface area contributed by atoms with Crippen LogP contribution in [0.15, 0.2) is 66.7 Å². The molecule has 0 radical (unpaired) electrons. The SMILES string of the molecule is CCC(C)NC(=O)C(CC)N(Cc1ccc(F)cc1)C(=O)CCc1cccc2ccccc12. The summed E-state index contributed by atoms with van der Waals surface area (Å²) in [5, 5.41) is 5.30. The second-order valence-corrected chi connectivity index (χ2v) is 8.53. The molecule has 0 aliphatic heterocycles. The van der Waals surface area contributed by atoms with E-state index in [1.54, 1.807) is 17.0 Å². The Morgan fingerprint density at radius 1 is 0.939 bits per heavy atom. The van der Waals surface area contributed by atoms with Gasteiger partial charge >= 0.3 is 0 Å². The largest absolute Gasteiger partial charge is 0.352 e. The summed E-state index contributed by atoms with van der Waals surface area (Å²) in [6, 6.07) is 19.8. The average molecular weight is 449 g/mol. The van der Waals surface area contributed by atoms with Crippen LogP contribution in [0, 0.1) is 5.82 Å². The lowest BCUT2D eigenvalue weighted by Crippen LogP contribution is -2.50. The van der Waals surface area contributed by atoms with Gasteiger partial charge in [0.25, 0.3) is 0 Å². The van der Waals surface area contributed by atoms with Gasteiger partial charge in [0.05, 0.1) is 0 Å². The topological polar surface area (TPSA) is 49.4 Å². The molecule has 174 valence electrons. The summed E-state index contributed by atoms with van der Waals surface area (Å²) in [6.07, 6.45) is 2.20. The standard InChI is InChI=1S/C28H33FN2O2/c1-4-20(3)30-28(33)26(5-2)31(19-21-13-16-24(29)17-14-21)27(32)18-15-23-11-8-10-22-9-6-7-12-25(22)23/h6-14,16-17,20,26H,4-5,15,18-19H2,1-3H3,(H,30,33). The van der Waals surface area contributed by atoms with Gasteiger partial charge in [0.15, 0.2) is 0 Å². The highest BCUT2D eigenvalue weighted by Gasteiger charge is 2.29. The molecule has 3 aromatic rings. The normalized spacial score (nSPS) is 12.8. The van der Waals surface area contributed by atoms with Crippen molar-refractivity contribution in [2.45, 2.75) is 65.1 Å². The van der Waals surface area contributed by atoms with E-state index in [1.165, 1.54) is 12.1 Å².